The van der Waals surface area contributed by atoms with Crippen molar-refractivity contribution in [1.82, 2.24) is 15.0 Å². The molecule has 1 aromatic carbocycles. The van der Waals surface area contributed by atoms with Crippen LogP contribution >= 0.6 is 0 Å². The molecule has 0 unspecified atom stereocenters. The summed E-state index contributed by atoms with van der Waals surface area (Å²) in [6.45, 7) is 1.44. The van der Waals surface area contributed by atoms with E-state index in [0.717, 1.165) is 34.9 Å². The molecule has 4 rings (SSSR count). The Kier molecular flexibility index (Phi) is 3.57. The van der Waals surface area contributed by atoms with E-state index in [0.29, 0.717) is 6.54 Å². The van der Waals surface area contributed by atoms with Gasteiger partial charge in [-0.05, 0) is 23.8 Å². The Balaban J connectivity index is 1.70. The van der Waals surface area contributed by atoms with Gasteiger partial charge in [0.2, 0.25) is 0 Å². The van der Waals surface area contributed by atoms with Crippen molar-refractivity contribution in [2.24, 2.45) is 0 Å². The Morgan fingerprint density at radius 3 is 2.71 bits per heavy atom. The highest BCUT2D eigenvalue weighted by Gasteiger charge is 2.25. The fourth-order valence-electron chi connectivity index (χ4n) is 2.97. The van der Waals surface area contributed by atoms with E-state index in [1.165, 1.54) is 18.5 Å². The van der Waals surface area contributed by atoms with Crippen molar-refractivity contribution in [3.63, 3.8) is 0 Å². The topological polar surface area (TPSA) is 45.2 Å². The molecule has 1 aliphatic heterocycles. The lowest BCUT2D eigenvalue weighted by atomic mass is 10.1. The molecular weight excluding hydrogens is 305 g/mol. The van der Waals surface area contributed by atoms with Gasteiger partial charge in [0.05, 0.1) is 12.4 Å². The Hall–Kier alpha value is -3.02. The summed E-state index contributed by atoms with van der Waals surface area (Å²) in [6.07, 6.45) is 6.94. The number of halogens is 1. The van der Waals surface area contributed by atoms with Gasteiger partial charge in [0, 0.05) is 43.3 Å². The van der Waals surface area contributed by atoms with Crippen LogP contribution in [0.3, 0.4) is 0 Å². The van der Waals surface area contributed by atoms with Crippen LogP contribution in [0.4, 0.5) is 15.9 Å². The number of nitrogens with zero attached hydrogens (tertiary/aromatic N) is 5. The van der Waals surface area contributed by atoms with Gasteiger partial charge in [-0.2, -0.15) is 0 Å². The summed E-state index contributed by atoms with van der Waals surface area (Å²) in [4.78, 5) is 17.0. The molecule has 3 heterocycles. The van der Waals surface area contributed by atoms with E-state index in [2.05, 4.69) is 30.8 Å². The second-order valence-corrected chi connectivity index (χ2v) is 5.86. The molecule has 0 aliphatic carbocycles. The van der Waals surface area contributed by atoms with Crippen molar-refractivity contribution in [3.05, 3.63) is 66.6 Å². The largest absolute Gasteiger partial charge is 0.346 e. The molecule has 0 atom stereocenters. The highest BCUT2D eigenvalue weighted by atomic mass is 19.1. The normalized spacial score (nSPS) is 13.2. The first-order chi connectivity index (χ1) is 11.7. The van der Waals surface area contributed by atoms with Crippen LogP contribution < -0.4 is 9.80 Å². The number of benzene rings is 1. The smallest absolute Gasteiger partial charge is 0.153 e. The number of aromatic nitrogens is 3. The minimum absolute atomic E-state index is 0.247. The second-order valence-electron chi connectivity index (χ2n) is 5.86. The van der Waals surface area contributed by atoms with Crippen molar-refractivity contribution < 1.29 is 4.39 Å². The predicted octanol–water partition coefficient (Wildman–Crippen LogP) is 3.09. The fraction of sp³-hybridized carbons (Fsp3) is 0.167. The summed E-state index contributed by atoms with van der Waals surface area (Å²) >= 11 is 0. The van der Waals surface area contributed by atoms with Crippen LogP contribution in [-0.2, 0) is 6.54 Å². The van der Waals surface area contributed by atoms with E-state index in [1.807, 2.05) is 25.5 Å². The zero-order valence-corrected chi connectivity index (χ0v) is 13.2. The molecule has 5 nitrogen and oxygen atoms in total. The first kappa shape index (κ1) is 14.6. The number of pyridine rings is 1. The summed E-state index contributed by atoms with van der Waals surface area (Å²) in [5.41, 5.74) is 3.79. The van der Waals surface area contributed by atoms with E-state index < -0.39 is 0 Å². The molecule has 0 amide bonds. The molecule has 0 bridgehead atoms. The van der Waals surface area contributed by atoms with Gasteiger partial charge in [-0.25, -0.2) is 19.3 Å². The van der Waals surface area contributed by atoms with Crippen molar-refractivity contribution in [2.45, 2.75) is 6.54 Å². The molecule has 24 heavy (non-hydrogen) atoms. The van der Waals surface area contributed by atoms with Gasteiger partial charge in [0.1, 0.15) is 12.1 Å². The summed E-state index contributed by atoms with van der Waals surface area (Å²) < 4.78 is 13.5. The molecule has 0 spiro atoms. The van der Waals surface area contributed by atoms with Gasteiger partial charge in [-0.1, -0.05) is 12.1 Å². The van der Waals surface area contributed by atoms with E-state index in [-0.39, 0.29) is 5.82 Å². The molecule has 1 aliphatic rings. The van der Waals surface area contributed by atoms with Crippen molar-refractivity contribution in [3.8, 4) is 11.1 Å². The third-order valence-electron chi connectivity index (χ3n) is 4.08. The first-order valence-corrected chi connectivity index (χ1v) is 7.66. The number of rotatable bonds is 3. The zero-order chi connectivity index (χ0) is 16.5. The Labute approximate surface area is 139 Å². The van der Waals surface area contributed by atoms with Gasteiger partial charge in [0.25, 0.3) is 0 Å². The van der Waals surface area contributed by atoms with E-state index in [1.54, 1.807) is 12.3 Å². The Morgan fingerprint density at radius 1 is 1.08 bits per heavy atom. The monoisotopic (exact) mass is 321 g/mol. The van der Waals surface area contributed by atoms with Gasteiger partial charge >= 0.3 is 0 Å². The second kappa shape index (κ2) is 5.88. The lowest BCUT2D eigenvalue weighted by Crippen LogP contribution is -2.27. The van der Waals surface area contributed by atoms with Gasteiger partial charge in [-0.15, -0.1) is 0 Å². The van der Waals surface area contributed by atoms with Crippen LogP contribution in [0.2, 0.25) is 0 Å². The van der Waals surface area contributed by atoms with Gasteiger partial charge in [-0.3, -0.25) is 0 Å². The lowest BCUT2D eigenvalue weighted by molar-refractivity contribution is 0.628. The minimum Gasteiger partial charge on any atom is -0.346 e. The summed E-state index contributed by atoms with van der Waals surface area (Å²) in [7, 11) is 2.01. The molecular formula is C18H16FN5. The SMILES string of the molecule is CN1CN(Cc2cncnc2)c2cc(-c3cccc(F)c3)cnc21. The third kappa shape index (κ3) is 2.67. The van der Waals surface area contributed by atoms with Crippen molar-refractivity contribution in [2.75, 3.05) is 23.5 Å². The molecule has 0 saturated heterocycles. The summed E-state index contributed by atoms with van der Waals surface area (Å²) in [5, 5.41) is 0. The number of hydrogen-bond acceptors (Lipinski definition) is 5. The molecule has 0 fully saturated rings. The van der Waals surface area contributed by atoms with Crippen LogP contribution in [0.25, 0.3) is 11.1 Å². The van der Waals surface area contributed by atoms with E-state index in [4.69, 9.17) is 0 Å². The fourth-order valence-corrected chi connectivity index (χ4v) is 2.97. The van der Waals surface area contributed by atoms with Gasteiger partial charge in [0.15, 0.2) is 5.82 Å². The summed E-state index contributed by atoms with van der Waals surface area (Å²) in [6, 6.07) is 8.63. The maximum atomic E-state index is 13.5. The Bertz CT molecular complexity index is 868. The maximum absolute atomic E-state index is 13.5. The highest BCUT2D eigenvalue weighted by molar-refractivity contribution is 5.78. The van der Waals surface area contributed by atoms with Crippen LogP contribution in [0.15, 0.2) is 55.2 Å². The molecule has 0 saturated carbocycles. The maximum Gasteiger partial charge on any atom is 0.153 e. The number of fused-ring (bicyclic) bond motifs is 1. The summed E-state index contributed by atoms with van der Waals surface area (Å²) in [5.74, 6) is 0.676. The predicted molar refractivity (Wildman–Crippen MR) is 91.1 cm³/mol. The van der Waals surface area contributed by atoms with Crippen molar-refractivity contribution in [1.29, 1.82) is 0 Å². The molecule has 0 radical (unpaired) electrons. The third-order valence-corrected chi connectivity index (χ3v) is 4.08. The van der Waals surface area contributed by atoms with Crippen LogP contribution in [0.1, 0.15) is 5.56 Å². The number of anilines is 2. The minimum atomic E-state index is -0.247. The van der Waals surface area contributed by atoms with Gasteiger partial charge < -0.3 is 9.80 Å². The first-order valence-electron chi connectivity index (χ1n) is 7.66. The number of hydrogen-bond donors (Lipinski definition) is 0. The lowest BCUT2D eigenvalue weighted by Gasteiger charge is -2.18. The van der Waals surface area contributed by atoms with E-state index >= 15 is 0 Å². The molecule has 120 valence electrons. The quantitative estimate of drug-likeness (QED) is 0.742. The average molecular weight is 321 g/mol. The van der Waals surface area contributed by atoms with Crippen LogP contribution in [0.5, 0.6) is 0 Å². The van der Waals surface area contributed by atoms with Crippen LogP contribution in [0, 0.1) is 5.82 Å². The zero-order valence-electron chi connectivity index (χ0n) is 13.2. The van der Waals surface area contributed by atoms with Crippen LogP contribution in [-0.4, -0.2) is 28.7 Å². The molecule has 6 heteroatoms. The molecule has 2 aromatic heterocycles. The average Bonchev–Trinajstić information content (AvgIpc) is 2.91. The highest BCUT2D eigenvalue weighted by Crippen LogP contribution is 2.36. The molecule has 0 N–H and O–H groups in total. The Morgan fingerprint density at radius 2 is 1.92 bits per heavy atom. The van der Waals surface area contributed by atoms with Crippen molar-refractivity contribution >= 4 is 11.5 Å². The van der Waals surface area contributed by atoms with E-state index in [9.17, 15) is 4.39 Å². The molecule has 3 aromatic rings. The standard InChI is InChI=1S/C18H16FN5/c1-23-12-24(10-13-7-20-11-21-8-13)17-6-15(9-22-18(17)23)14-3-2-4-16(19)5-14/h2-9,11H,10,12H2,1H3.